The topological polar surface area (TPSA) is 101 Å². The fourth-order valence-corrected chi connectivity index (χ4v) is 3.71. The van der Waals surface area contributed by atoms with Crippen LogP contribution in [0.15, 0.2) is 18.2 Å². The number of imide groups is 1. The molecule has 0 aliphatic carbocycles. The lowest BCUT2D eigenvalue weighted by molar-refractivity contribution is -0.896. The molecule has 1 aromatic carbocycles. The van der Waals surface area contributed by atoms with Crippen LogP contribution < -0.4 is 10.0 Å². The molecule has 0 bridgehead atoms. The standard InChI is InChI=1S/C18H18F3N3O4/c1-10(2)24(9-14(25)26)16(28)23(15(27)17(24,3)4)13-6-5-11(8-22)7-12(13)18(19,20)21/h5-7,10H,9H2,1-4H3. The molecule has 0 radical (unpaired) electrons. The third-order valence-corrected chi connectivity index (χ3v) is 5.19. The molecule has 1 saturated heterocycles. The number of rotatable bonds is 4. The fraction of sp³-hybridized carbons (Fsp3) is 0.444. The minimum absolute atomic E-state index is 0.297. The highest BCUT2D eigenvalue weighted by molar-refractivity contribution is 6.20. The van der Waals surface area contributed by atoms with Crippen molar-refractivity contribution in [2.45, 2.75) is 45.5 Å². The lowest BCUT2D eigenvalue weighted by atomic mass is 9.97. The van der Waals surface area contributed by atoms with Gasteiger partial charge in [0.2, 0.25) is 0 Å². The molecule has 0 aromatic heterocycles. The summed E-state index contributed by atoms with van der Waals surface area (Å²) in [4.78, 5) is 37.9. The van der Waals surface area contributed by atoms with Crippen molar-refractivity contribution in [1.29, 1.82) is 5.26 Å². The zero-order valence-electron chi connectivity index (χ0n) is 15.6. The Balaban J connectivity index is 2.79. The minimum atomic E-state index is -4.95. The maximum atomic E-state index is 13.6. The number of carbonyl (C=O) groups excluding carboxylic acids is 3. The normalized spacial score (nSPS) is 21.9. The van der Waals surface area contributed by atoms with Crippen molar-refractivity contribution < 1.29 is 37.1 Å². The first-order valence-corrected chi connectivity index (χ1v) is 8.30. The Morgan fingerprint density at radius 3 is 2.32 bits per heavy atom. The van der Waals surface area contributed by atoms with E-state index in [-0.39, 0.29) is 5.56 Å². The number of amides is 3. The smallest absolute Gasteiger partial charge is 0.432 e. The van der Waals surface area contributed by atoms with Gasteiger partial charge in [0.15, 0.2) is 5.54 Å². The molecule has 28 heavy (non-hydrogen) atoms. The summed E-state index contributed by atoms with van der Waals surface area (Å²) in [6.07, 6.45) is -4.95. The van der Waals surface area contributed by atoms with E-state index in [1.54, 1.807) is 6.07 Å². The van der Waals surface area contributed by atoms with E-state index in [9.17, 15) is 32.7 Å². The summed E-state index contributed by atoms with van der Waals surface area (Å²) in [5.41, 5.74) is -4.02. The molecule has 2 rings (SSSR count). The number of hydrogen-bond acceptors (Lipinski definition) is 5. The Kier molecular flexibility index (Phi) is 5.03. The summed E-state index contributed by atoms with van der Waals surface area (Å²) in [5, 5.41) is 20.2. The molecule has 1 aliphatic heterocycles. The van der Waals surface area contributed by atoms with E-state index in [0.717, 1.165) is 12.1 Å². The number of anilines is 1. The van der Waals surface area contributed by atoms with Crippen LogP contribution in [-0.4, -0.2) is 40.5 Å². The highest BCUT2D eigenvalue weighted by atomic mass is 19.4. The zero-order chi connectivity index (χ0) is 21.7. The van der Waals surface area contributed by atoms with Gasteiger partial charge in [0, 0.05) is 13.8 Å². The molecule has 1 atom stereocenters. The Morgan fingerprint density at radius 2 is 1.89 bits per heavy atom. The summed E-state index contributed by atoms with van der Waals surface area (Å²) < 4.78 is 39.7. The van der Waals surface area contributed by atoms with E-state index >= 15 is 0 Å². The third-order valence-electron chi connectivity index (χ3n) is 5.19. The number of quaternary nitrogens is 1. The number of benzene rings is 1. The average molecular weight is 397 g/mol. The van der Waals surface area contributed by atoms with E-state index < -0.39 is 57.9 Å². The largest absolute Gasteiger partial charge is 0.544 e. The van der Waals surface area contributed by atoms with Crippen LogP contribution in [0.1, 0.15) is 38.8 Å². The molecule has 7 nitrogen and oxygen atoms in total. The molecule has 1 unspecified atom stereocenters. The lowest BCUT2D eigenvalue weighted by Gasteiger charge is -2.43. The third kappa shape index (κ3) is 2.92. The Morgan fingerprint density at radius 1 is 1.32 bits per heavy atom. The van der Waals surface area contributed by atoms with Crippen molar-refractivity contribution in [1.82, 2.24) is 0 Å². The van der Waals surface area contributed by atoms with Gasteiger partial charge in [-0.2, -0.15) is 23.3 Å². The van der Waals surface area contributed by atoms with E-state index in [4.69, 9.17) is 5.26 Å². The van der Waals surface area contributed by atoms with Gasteiger partial charge in [-0.1, -0.05) is 0 Å². The number of carboxylic acid groups (broad SMARTS) is 1. The van der Waals surface area contributed by atoms with Crippen LogP contribution in [0.2, 0.25) is 0 Å². The second-order valence-electron chi connectivity index (χ2n) is 7.32. The van der Waals surface area contributed by atoms with Crippen molar-refractivity contribution in [3.05, 3.63) is 29.3 Å². The van der Waals surface area contributed by atoms with Crippen molar-refractivity contribution in [2.75, 3.05) is 11.4 Å². The number of urea groups is 1. The molecule has 1 aromatic rings. The first-order valence-electron chi connectivity index (χ1n) is 8.30. The number of nitrogens with zero attached hydrogens (tertiary/aromatic N) is 3. The summed E-state index contributed by atoms with van der Waals surface area (Å²) in [5.74, 6) is -2.58. The molecular formula is C18H18F3N3O4. The van der Waals surface area contributed by atoms with Crippen LogP contribution in [0, 0.1) is 11.3 Å². The van der Waals surface area contributed by atoms with Gasteiger partial charge in [-0.25, -0.2) is 9.28 Å². The number of hydrogen-bond donors (Lipinski definition) is 0. The molecule has 10 heteroatoms. The first kappa shape index (κ1) is 21.4. The number of halogens is 3. The number of alkyl halides is 3. The van der Waals surface area contributed by atoms with Crippen molar-refractivity contribution in [3.63, 3.8) is 0 Å². The maximum Gasteiger partial charge on any atom is 0.432 e. The van der Waals surface area contributed by atoms with Crippen LogP contribution in [-0.2, 0) is 15.8 Å². The highest BCUT2D eigenvalue weighted by Gasteiger charge is 2.68. The van der Waals surface area contributed by atoms with Crippen molar-refractivity contribution >= 4 is 23.6 Å². The fourth-order valence-electron chi connectivity index (χ4n) is 3.71. The molecule has 150 valence electrons. The van der Waals surface area contributed by atoms with E-state index in [0.29, 0.717) is 11.0 Å². The summed E-state index contributed by atoms with van der Waals surface area (Å²) >= 11 is 0. The summed E-state index contributed by atoms with van der Waals surface area (Å²) in [6.45, 7) is 4.76. The highest BCUT2D eigenvalue weighted by Crippen LogP contribution is 2.45. The summed E-state index contributed by atoms with van der Waals surface area (Å²) in [7, 11) is 0. The van der Waals surface area contributed by atoms with Gasteiger partial charge >= 0.3 is 12.2 Å². The van der Waals surface area contributed by atoms with E-state index in [2.05, 4.69) is 0 Å². The predicted molar refractivity (Wildman–Crippen MR) is 88.4 cm³/mol. The monoisotopic (exact) mass is 397 g/mol. The molecule has 0 spiro atoms. The Hall–Kier alpha value is -2.93. The van der Waals surface area contributed by atoms with Crippen LogP contribution in [0.3, 0.4) is 0 Å². The van der Waals surface area contributed by atoms with Gasteiger partial charge in [0.25, 0.3) is 5.91 Å². The molecule has 1 fully saturated rings. The zero-order valence-corrected chi connectivity index (χ0v) is 15.6. The number of carboxylic acids is 1. The summed E-state index contributed by atoms with van der Waals surface area (Å²) in [6, 6.07) is 2.22. The lowest BCUT2D eigenvalue weighted by Crippen LogP contribution is -2.68. The molecule has 3 amide bonds. The molecule has 0 saturated carbocycles. The van der Waals surface area contributed by atoms with Crippen LogP contribution in [0.25, 0.3) is 0 Å². The van der Waals surface area contributed by atoms with E-state index in [1.807, 2.05) is 0 Å². The maximum absolute atomic E-state index is 13.6. The van der Waals surface area contributed by atoms with Gasteiger partial charge in [-0.3, -0.25) is 4.79 Å². The van der Waals surface area contributed by atoms with Gasteiger partial charge in [0.1, 0.15) is 6.54 Å². The first-order chi connectivity index (χ1) is 12.7. The van der Waals surface area contributed by atoms with Crippen molar-refractivity contribution in [3.8, 4) is 6.07 Å². The molecule has 1 heterocycles. The quantitative estimate of drug-likeness (QED) is 0.570. The SMILES string of the molecule is CC(C)[N+]1(CC(=O)[O-])C(=O)N(c2ccc(C#N)cc2C(F)(F)F)C(=O)C1(C)C. The number of carbonyl (C=O) groups is 3. The number of nitriles is 1. The van der Waals surface area contributed by atoms with Crippen LogP contribution in [0.5, 0.6) is 0 Å². The van der Waals surface area contributed by atoms with Crippen LogP contribution in [0.4, 0.5) is 23.7 Å². The Labute approximate surface area is 159 Å². The average Bonchev–Trinajstić information content (AvgIpc) is 2.71. The minimum Gasteiger partial charge on any atom is -0.544 e. The van der Waals surface area contributed by atoms with E-state index in [1.165, 1.54) is 27.7 Å². The molecule has 0 N–H and O–H groups in total. The van der Waals surface area contributed by atoms with Crippen LogP contribution >= 0.6 is 0 Å². The predicted octanol–water partition coefficient (Wildman–Crippen LogP) is 1.80. The van der Waals surface area contributed by atoms with Gasteiger partial charge < -0.3 is 9.90 Å². The molecule has 1 aliphatic rings. The van der Waals surface area contributed by atoms with Gasteiger partial charge in [0.05, 0.1) is 34.9 Å². The Bertz CT molecular complexity index is 902. The number of aliphatic carboxylic acids is 1. The second-order valence-corrected chi connectivity index (χ2v) is 7.32. The van der Waals surface area contributed by atoms with Gasteiger partial charge in [-0.15, -0.1) is 0 Å². The molecular weight excluding hydrogens is 379 g/mol. The second kappa shape index (κ2) is 6.60. The van der Waals surface area contributed by atoms with Crippen molar-refractivity contribution in [2.24, 2.45) is 0 Å². The van der Waals surface area contributed by atoms with Gasteiger partial charge in [-0.05, 0) is 32.0 Å².